The first kappa shape index (κ1) is 12.0. The van der Waals surface area contributed by atoms with E-state index in [2.05, 4.69) is 0 Å². The fourth-order valence-electron chi connectivity index (χ4n) is 1.84. The van der Waals surface area contributed by atoms with Crippen molar-refractivity contribution in [2.45, 2.75) is 26.3 Å². The summed E-state index contributed by atoms with van der Waals surface area (Å²) in [4.78, 5) is 36.0. The van der Waals surface area contributed by atoms with Crippen LogP contribution in [-0.2, 0) is 16.1 Å². The van der Waals surface area contributed by atoms with Gasteiger partial charge in [0.15, 0.2) is 0 Å². The van der Waals surface area contributed by atoms with Gasteiger partial charge in [0, 0.05) is 37.0 Å². The van der Waals surface area contributed by atoms with Gasteiger partial charge in [-0.05, 0) is 6.92 Å². The van der Waals surface area contributed by atoms with Crippen LogP contribution in [0.5, 0.6) is 0 Å². The monoisotopic (exact) mass is 254 g/mol. The molecule has 17 heavy (non-hydrogen) atoms. The van der Waals surface area contributed by atoms with Gasteiger partial charge >= 0.3 is 4.87 Å². The zero-order valence-corrected chi connectivity index (χ0v) is 10.5. The van der Waals surface area contributed by atoms with Gasteiger partial charge in [0.05, 0.1) is 0 Å². The summed E-state index contributed by atoms with van der Waals surface area (Å²) < 4.78 is 1.48. The summed E-state index contributed by atoms with van der Waals surface area (Å²) in [6, 6.07) is 0. The normalized spacial score (nSPS) is 16.3. The van der Waals surface area contributed by atoms with Gasteiger partial charge in [0.25, 0.3) is 0 Å². The molecule has 0 spiro atoms. The lowest BCUT2D eigenvalue weighted by molar-refractivity contribution is -0.135. The summed E-state index contributed by atoms with van der Waals surface area (Å²) in [6.07, 6.45) is 0.868. The van der Waals surface area contributed by atoms with E-state index in [4.69, 9.17) is 0 Å². The maximum Gasteiger partial charge on any atom is 0.307 e. The largest absolute Gasteiger partial charge is 0.340 e. The van der Waals surface area contributed by atoms with E-state index in [-0.39, 0.29) is 23.1 Å². The van der Waals surface area contributed by atoms with Crippen LogP contribution in [0.4, 0.5) is 0 Å². The molecule has 1 aromatic heterocycles. The summed E-state index contributed by atoms with van der Waals surface area (Å²) in [5, 5.41) is 1.75. The van der Waals surface area contributed by atoms with Crippen molar-refractivity contribution in [3.05, 3.63) is 20.7 Å². The second kappa shape index (κ2) is 4.83. The number of carbonyl (C=O) groups is 2. The fraction of sp³-hybridized carbons (Fsp3) is 0.545. The molecule has 1 aliphatic heterocycles. The van der Waals surface area contributed by atoms with E-state index < -0.39 is 0 Å². The van der Waals surface area contributed by atoms with Gasteiger partial charge in [-0.25, -0.2) is 0 Å². The highest BCUT2D eigenvalue weighted by Gasteiger charge is 2.21. The van der Waals surface area contributed by atoms with Crippen LogP contribution in [0.2, 0.25) is 0 Å². The predicted molar refractivity (Wildman–Crippen MR) is 64.1 cm³/mol. The molecule has 1 amide bonds. The average Bonchev–Trinajstić information content (AvgIpc) is 2.61. The van der Waals surface area contributed by atoms with Gasteiger partial charge in [0.2, 0.25) is 5.91 Å². The van der Waals surface area contributed by atoms with Crippen LogP contribution in [0.1, 0.15) is 18.5 Å². The Hall–Kier alpha value is -1.43. The zero-order chi connectivity index (χ0) is 12.4. The van der Waals surface area contributed by atoms with E-state index in [0.29, 0.717) is 25.9 Å². The van der Waals surface area contributed by atoms with Gasteiger partial charge in [-0.3, -0.25) is 19.0 Å². The van der Waals surface area contributed by atoms with E-state index in [1.807, 2.05) is 6.92 Å². The van der Waals surface area contributed by atoms with Crippen LogP contribution in [0.25, 0.3) is 0 Å². The molecule has 1 aliphatic rings. The first-order chi connectivity index (χ1) is 8.08. The van der Waals surface area contributed by atoms with Crippen molar-refractivity contribution in [2.75, 3.05) is 13.1 Å². The van der Waals surface area contributed by atoms with E-state index in [1.165, 1.54) is 4.57 Å². The molecule has 0 atom stereocenters. The Morgan fingerprint density at radius 2 is 2.00 bits per heavy atom. The van der Waals surface area contributed by atoms with Crippen LogP contribution in [0.3, 0.4) is 0 Å². The topological polar surface area (TPSA) is 59.4 Å². The number of aryl methyl sites for hydroxylation is 1. The molecule has 1 saturated heterocycles. The number of carbonyl (C=O) groups excluding carboxylic acids is 2. The van der Waals surface area contributed by atoms with E-state index >= 15 is 0 Å². The lowest BCUT2D eigenvalue weighted by Gasteiger charge is -2.26. The Balaban J connectivity index is 2.02. The Kier molecular flexibility index (Phi) is 3.42. The highest BCUT2D eigenvalue weighted by Crippen LogP contribution is 2.07. The van der Waals surface area contributed by atoms with Crippen molar-refractivity contribution >= 4 is 23.0 Å². The minimum atomic E-state index is -0.107. The van der Waals surface area contributed by atoms with E-state index in [0.717, 1.165) is 17.0 Å². The first-order valence-electron chi connectivity index (χ1n) is 5.52. The zero-order valence-electron chi connectivity index (χ0n) is 9.64. The molecule has 0 saturated carbocycles. The maximum absolute atomic E-state index is 11.9. The van der Waals surface area contributed by atoms with Crippen LogP contribution >= 0.6 is 11.3 Å². The number of aromatic nitrogens is 1. The molecule has 92 valence electrons. The van der Waals surface area contributed by atoms with Crippen molar-refractivity contribution in [2.24, 2.45) is 0 Å². The molecule has 5 nitrogen and oxygen atoms in total. The van der Waals surface area contributed by atoms with Crippen LogP contribution < -0.4 is 4.87 Å². The second-order valence-corrected chi connectivity index (χ2v) is 4.97. The van der Waals surface area contributed by atoms with Gasteiger partial charge in [0.1, 0.15) is 12.3 Å². The molecule has 2 heterocycles. The Morgan fingerprint density at radius 1 is 1.35 bits per heavy atom. The molecule has 0 bridgehead atoms. The van der Waals surface area contributed by atoms with Gasteiger partial charge in [-0.15, -0.1) is 0 Å². The smallest absolute Gasteiger partial charge is 0.307 e. The molecule has 2 rings (SSSR count). The molecule has 0 aromatic carbocycles. The third-order valence-corrected chi connectivity index (χ3v) is 3.82. The summed E-state index contributed by atoms with van der Waals surface area (Å²) in [6.45, 7) is 2.86. The number of hydrogen-bond donors (Lipinski definition) is 0. The Bertz CT molecular complexity index is 493. The number of thiazole rings is 1. The summed E-state index contributed by atoms with van der Waals surface area (Å²) in [5.41, 5.74) is 0.807. The van der Waals surface area contributed by atoms with Crippen LogP contribution in [0, 0.1) is 6.92 Å². The molecule has 6 heteroatoms. The van der Waals surface area contributed by atoms with Gasteiger partial charge < -0.3 is 4.90 Å². The second-order valence-electron chi connectivity index (χ2n) is 4.15. The van der Waals surface area contributed by atoms with Crippen molar-refractivity contribution in [1.29, 1.82) is 0 Å². The third kappa shape index (κ3) is 2.63. The van der Waals surface area contributed by atoms with Crippen molar-refractivity contribution < 1.29 is 9.59 Å². The number of amides is 1. The molecule has 0 N–H and O–H groups in total. The van der Waals surface area contributed by atoms with Gasteiger partial charge in [-0.1, -0.05) is 11.3 Å². The number of piperidine rings is 1. The molecule has 0 radical (unpaired) electrons. The minimum absolute atomic E-state index is 0.0823. The maximum atomic E-state index is 11.9. The van der Waals surface area contributed by atoms with Crippen molar-refractivity contribution in [3.63, 3.8) is 0 Å². The fourth-order valence-corrected chi connectivity index (χ4v) is 2.57. The Labute approximate surface area is 103 Å². The molecule has 0 aliphatic carbocycles. The number of rotatable bonds is 2. The van der Waals surface area contributed by atoms with Crippen LogP contribution in [0.15, 0.2) is 10.2 Å². The predicted octanol–water partition coefficient (Wildman–Crippen LogP) is 0.410. The molecule has 1 aromatic rings. The van der Waals surface area contributed by atoms with Gasteiger partial charge in [-0.2, -0.15) is 0 Å². The summed E-state index contributed by atoms with van der Waals surface area (Å²) >= 11 is 1.10. The number of Topliss-reactive ketones (excluding diaryl/α,β-unsaturated/α-hetero) is 1. The summed E-state index contributed by atoms with van der Waals surface area (Å²) in [7, 11) is 0. The number of ketones is 1. The lowest BCUT2D eigenvalue weighted by atomic mass is 10.1. The highest BCUT2D eigenvalue weighted by atomic mass is 32.1. The quantitative estimate of drug-likeness (QED) is 0.768. The molecule has 0 unspecified atom stereocenters. The molecular formula is C11H14N2O3S. The van der Waals surface area contributed by atoms with E-state index in [1.54, 1.807) is 10.3 Å². The Morgan fingerprint density at radius 3 is 2.53 bits per heavy atom. The standard InChI is InChI=1S/C11H14N2O3S/c1-8-7-17-11(16)13(8)6-10(15)12-4-2-9(14)3-5-12/h7H,2-6H2,1H3. The van der Waals surface area contributed by atoms with Crippen molar-refractivity contribution in [1.82, 2.24) is 9.47 Å². The lowest BCUT2D eigenvalue weighted by Crippen LogP contribution is -2.41. The minimum Gasteiger partial charge on any atom is -0.340 e. The first-order valence-corrected chi connectivity index (χ1v) is 6.40. The number of nitrogens with zero attached hydrogens (tertiary/aromatic N) is 2. The number of hydrogen-bond acceptors (Lipinski definition) is 4. The third-order valence-electron chi connectivity index (χ3n) is 2.94. The SMILES string of the molecule is Cc1csc(=O)n1CC(=O)N1CCC(=O)CC1. The molecule has 1 fully saturated rings. The van der Waals surface area contributed by atoms with Crippen LogP contribution in [-0.4, -0.2) is 34.2 Å². The summed E-state index contributed by atoms with van der Waals surface area (Å²) in [5.74, 6) is 0.124. The van der Waals surface area contributed by atoms with E-state index in [9.17, 15) is 14.4 Å². The highest BCUT2D eigenvalue weighted by molar-refractivity contribution is 7.07. The average molecular weight is 254 g/mol. The molecular weight excluding hydrogens is 240 g/mol. The number of likely N-dealkylation sites (tertiary alicyclic amines) is 1. The van der Waals surface area contributed by atoms with Crippen molar-refractivity contribution in [3.8, 4) is 0 Å².